The van der Waals surface area contributed by atoms with Crippen LogP contribution in [-0.2, 0) is 6.54 Å². The first-order chi connectivity index (χ1) is 7.07. The Labute approximate surface area is 95.9 Å². The summed E-state index contributed by atoms with van der Waals surface area (Å²) in [5.41, 5.74) is 6.09. The predicted octanol–water partition coefficient (Wildman–Crippen LogP) is 2.40. The summed E-state index contributed by atoms with van der Waals surface area (Å²) >= 11 is 1.68. The molecule has 0 saturated heterocycles. The van der Waals surface area contributed by atoms with Crippen molar-refractivity contribution in [2.75, 3.05) is 5.75 Å². The number of nitrogens with two attached hydrogens (primary N) is 1. The predicted molar refractivity (Wildman–Crippen MR) is 66.0 cm³/mol. The summed E-state index contributed by atoms with van der Waals surface area (Å²) in [5, 5.41) is 9.84. The molecule has 0 bridgehead atoms. The molecule has 0 aliphatic rings. The van der Waals surface area contributed by atoms with Crippen LogP contribution >= 0.6 is 11.8 Å². The average Bonchev–Trinajstić information content (AvgIpc) is 2.27. The van der Waals surface area contributed by atoms with Gasteiger partial charge in [-0.05, 0) is 31.0 Å². The van der Waals surface area contributed by atoms with Crippen LogP contribution < -0.4 is 5.73 Å². The van der Waals surface area contributed by atoms with Crippen LogP contribution in [0.15, 0.2) is 29.2 Å². The third-order valence-electron chi connectivity index (χ3n) is 2.47. The molecule has 0 spiro atoms. The molecule has 0 aliphatic heterocycles. The molecule has 3 heteroatoms. The molecule has 1 unspecified atom stereocenters. The molecule has 3 N–H and O–H groups in total. The van der Waals surface area contributed by atoms with Gasteiger partial charge in [-0.3, -0.25) is 0 Å². The number of aliphatic hydroxyl groups is 1. The SMILES string of the molecule is CCC(C)(O)CSc1ccc(CN)cc1. The molecule has 1 atom stereocenters. The zero-order chi connectivity index (χ0) is 11.3. The van der Waals surface area contributed by atoms with Crippen LogP contribution in [0, 0.1) is 0 Å². The van der Waals surface area contributed by atoms with E-state index >= 15 is 0 Å². The van der Waals surface area contributed by atoms with E-state index in [2.05, 4.69) is 12.1 Å². The number of hydrogen-bond acceptors (Lipinski definition) is 3. The lowest BCUT2D eigenvalue weighted by Crippen LogP contribution is -2.25. The lowest BCUT2D eigenvalue weighted by atomic mass is 10.1. The highest BCUT2D eigenvalue weighted by Gasteiger charge is 2.17. The van der Waals surface area contributed by atoms with E-state index in [1.165, 1.54) is 4.90 Å². The van der Waals surface area contributed by atoms with Gasteiger partial charge in [0.15, 0.2) is 0 Å². The first-order valence-electron chi connectivity index (χ1n) is 5.21. The van der Waals surface area contributed by atoms with Crippen molar-refractivity contribution in [1.29, 1.82) is 0 Å². The van der Waals surface area contributed by atoms with E-state index in [1.807, 2.05) is 26.0 Å². The van der Waals surface area contributed by atoms with Gasteiger partial charge in [0.2, 0.25) is 0 Å². The highest BCUT2D eigenvalue weighted by Crippen LogP contribution is 2.24. The molecule has 1 aromatic rings. The van der Waals surface area contributed by atoms with Gasteiger partial charge in [0.25, 0.3) is 0 Å². The maximum atomic E-state index is 9.84. The molecule has 0 aromatic heterocycles. The Morgan fingerprint density at radius 3 is 2.40 bits per heavy atom. The van der Waals surface area contributed by atoms with Crippen molar-refractivity contribution in [3.63, 3.8) is 0 Å². The molecule has 0 heterocycles. The standard InChI is InChI=1S/C12H19NOS/c1-3-12(2,14)9-15-11-6-4-10(8-13)5-7-11/h4-7,14H,3,8-9,13H2,1-2H3. The Morgan fingerprint density at radius 2 is 1.93 bits per heavy atom. The molecular weight excluding hydrogens is 206 g/mol. The smallest absolute Gasteiger partial charge is 0.0710 e. The second-order valence-corrected chi connectivity index (χ2v) is 5.04. The van der Waals surface area contributed by atoms with Gasteiger partial charge in [-0.25, -0.2) is 0 Å². The number of rotatable bonds is 5. The van der Waals surface area contributed by atoms with Crippen molar-refractivity contribution in [2.24, 2.45) is 5.73 Å². The minimum absolute atomic E-state index is 0.572. The lowest BCUT2D eigenvalue weighted by Gasteiger charge is -2.20. The van der Waals surface area contributed by atoms with Crippen molar-refractivity contribution in [3.05, 3.63) is 29.8 Å². The monoisotopic (exact) mass is 225 g/mol. The molecular formula is C12H19NOS. The van der Waals surface area contributed by atoms with E-state index < -0.39 is 5.60 Å². The number of benzene rings is 1. The summed E-state index contributed by atoms with van der Waals surface area (Å²) in [6.07, 6.45) is 0.779. The highest BCUT2D eigenvalue weighted by molar-refractivity contribution is 7.99. The quantitative estimate of drug-likeness (QED) is 0.756. The summed E-state index contributed by atoms with van der Waals surface area (Å²) in [4.78, 5) is 1.18. The van der Waals surface area contributed by atoms with E-state index in [9.17, 15) is 5.11 Å². The Hall–Kier alpha value is -0.510. The van der Waals surface area contributed by atoms with Gasteiger partial charge in [-0.2, -0.15) is 0 Å². The topological polar surface area (TPSA) is 46.2 Å². The molecule has 0 amide bonds. The van der Waals surface area contributed by atoms with Gasteiger partial charge < -0.3 is 10.8 Å². The fourth-order valence-corrected chi connectivity index (χ4v) is 2.07. The van der Waals surface area contributed by atoms with Crippen molar-refractivity contribution >= 4 is 11.8 Å². The fraction of sp³-hybridized carbons (Fsp3) is 0.500. The van der Waals surface area contributed by atoms with Gasteiger partial charge in [-0.1, -0.05) is 19.1 Å². The van der Waals surface area contributed by atoms with Crippen LogP contribution in [-0.4, -0.2) is 16.5 Å². The minimum Gasteiger partial charge on any atom is -0.389 e. The molecule has 1 aromatic carbocycles. The number of hydrogen-bond donors (Lipinski definition) is 2. The first-order valence-corrected chi connectivity index (χ1v) is 6.20. The Balaban J connectivity index is 2.51. The van der Waals surface area contributed by atoms with Crippen LogP contribution in [0.1, 0.15) is 25.8 Å². The second kappa shape index (κ2) is 5.54. The van der Waals surface area contributed by atoms with E-state index in [0.29, 0.717) is 6.54 Å². The summed E-state index contributed by atoms with van der Waals surface area (Å²) < 4.78 is 0. The summed E-state index contributed by atoms with van der Waals surface area (Å²) in [6.45, 7) is 4.45. The summed E-state index contributed by atoms with van der Waals surface area (Å²) in [7, 11) is 0. The van der Waals surface area contributed by atoms with E-state index in [0.717, 1.165) is 17.7 Å². The van der Waals surface area contributed by atoms with E-state index in [4.69, 9.17) is 5.73 Å². The second-order valence-electron chi connectivity index (χ2n) is 3.99. The van der Waals surface area contributed by atoms with Crippen molar-refractivity contribution in [2.45, 2.75) is 37.3 Å². The van der Waals surface area contributed by atoms with Gasteiger partial charge in [0.1, 0.15) is 0 Å². The van der Waals surface area contributed by atoms with Crippen LogP contribution in [0.3, 0.4) is 0 Å². The van der Waals surface area contributed by atoms with Crippen LogP contribution in [0.2, 0.25) is 0 Å². The Morgan fingerprint density at radius 1 is 1.33 bits per heavy atom. The van der Waals surface area contributed by atoms with Gasteiger partial charge >= 0.3 is 0 Å². The maximum absolute atomic E-state index is 9.84. The molecule has 0 saturated carbocycles. The van der Waals surface area contributed by atoms with Crippen molar-refractivity contribution in [3.8, 4) is 0 Å². The maximum Gasteiger partial charge on any atom is 0.0710 e. The molecule has 84 valence electrons. The first kappa shape index (κ1) is 12.6. The fourth-order valence-electron chi connectivity index (χ4n) is 1.06. The zero-order valence-electron chi connectivity index (χ0n) is 9.36. The average molecular weight is 225 g/mol. The third kappa shape index (κ3) is 4.24. The van der Waals surface area contributed by atoms with Gasteiger partial charge in [0.05, 0.1) is 5.60 Å². The zero-order valence-corrected chi connectivity index (χ0v) is 10.2. The molecule has 0 aliphatic carbocycles. The molecule has 2 nitrogen and oxygen atoms in total. The molecule has 15 heavy (non-hydrogen) atoms. The van der Waals surface area contributed by atoms with Crippen LogP contribution in [0.5, 0.6) is 0 Å². The largest absolute Gasteiger partial charge is 0.389 e. The number of thioether (sulfide) groups is 1. The minimum atomic E-state index is -0.572. The van der Waals surface area contributed by atoms with E-state index in [1.54, 1.807) is 11.8 Å². The van der Waals surface area contributed by atoms with Gasteiger partial charge in [-0.15, -0.1) is 11.8 Å². The van der Waals surface area contributed by atoms with Crippen molar-refractivity contribution < 1.29 is 5.11 Å². The summed E-state index contributed by atoms with van der Waals surface area (Å²) in [5.74, 6) is 0.728. The van der Waals surface area contributed by atoms with E-state index in [-0.39, 0.29) is 0 Å². The molecule has 0 fully saturated rings. The van der Waals surface area contributed by atoms with Gasteiger partial charge in [0, 0.05) is 17.2 Å². The molecule has 1 rings (SSSR count). The lowest BCUT2D eigenvalue weighted by molar-refractivity contribution is 0.0816. The van der Waals surface area contributed by atoms with Crippen LogP contribution in [0.4, 0.5) is 0 Å². The third-order valence-corrected chi connectivity index (χ3v) is 3.84. The van der Waals surface area contributed by atoms with Crippen LogP contribution in [0.25, 0.3) is 0 Å². The summed E-state index contributed by atoms with van der Waals surface area (Å²) in [6, 6.07) is 8.17. The normalized spacial score (nSPS) is 14.9. The Bertz CT molecular complexity index is 295. The molecule has 0 radical (unpaired) electrons. The highest BCUT2D eigenvalue weighted by atomic mass is 32.2. The Kier molecular flexibility index (Phi) is 4.64. The van der Waals surface area contributed by atoms with Crippen molar-refractivity contribution in [1.82, 2.24) is 0 Å².